The fourth-order valence-corrected chi connectivity index (χ4v) is 15.7. The molecule has 109 heavy (non-hydrogen) atoms. The molecule has 0 saturated heterocycles. The Morgan fingerprint density at radius 3 is 0.624 bits per heavy atom. The molecular formula is C90H176O17P2. The van der Waals surface area contributed by atoms with Crippen LogP contribution in [0.25, 0.3) is 0 Å². The molecule has 0 fully saturated rings. The zero-order valence-corrected chi connectivity index (χ0v) is 73.8. The van der Waals surface area contributed by atoms with Gasteiger partial charge in [0.2, 0.25) is 0 Å². The van der Waals surface area contributed by atoms with Gasteiger partial charge in [-0.3, -0.25) is 37.3 Å². The number of hydrogen-bond acceptors (Lipinski definition) is 15. The molecule has 0 heterocycles. The summed E-state index contributed by atoms with van der Waals surface area (Å²) in [6.45, 7) is 12.0. The van der Waals surface area contributed by atoms with Gasteiger partial charge in [0.1, 0.15) is 19.3 Å². The molecule has 0 aliphatic heterocycles. The molecule has 0 bridgehead atoms. The Morgan fingerprint density at radius 1 is 0.248 bits per heavy atom. The number of carbonyl (C=O) groups is 4. The lowest BCUT2D eigenvalue weighted by molar-refractivity contribution is -0.161. The van der Waals surface area contributed by atoms with Crippen molar-refractivity contribution in [3.63, 3.8) is 0 Å². The highest BCUT2D eigenvalue weighted by Gasteiger charge is 2.31. The summed E-state index contributed by atoms with van der Waals surface area (Å²) in [5.41, 5.74) is 0. The largest absolute Gasteiger partial charge is 0.472 e. The molecule has 2 unspecified atom stereocenters. The van der Waals surface area contributed by atoms with Crippen molar-refractivity contribution >= 4 is 39.5 Å². The highest BCUT2D eigenvalue weighted by atomic mass is 31.2. The third kappa shape index (κ3) is 83.8. The van der Waals surface area contributed by atoms with E-state index in [9.17, 15) is 43.2 Å². The number of rotatable bonds is 88. The summed E-state index contributed by atoms with van der Waals surface area (Å²) in [5.74, 6) is 0.226. The minimum absolute atomic E-state index is 0.107. The monoisotopic (exact) mass is 1590 g/mol. The maximum atomic E-state index is 13.2. The lowest BCUT2D eigenvalue weighted by atomic mass is 10.0. The van der Waals surface area contributed by atoms with Crippen LogP contribution in [-0.4, -0.2) is 96.7 Å². The zero-order chi connectivity index (χ0) is 80.0. The molecular weight excluding hydrogens is 1410 g/mol. The second-order valence-corrected chi connectivity index (χ2v) is 36.7. The number of carbonyl (C=O) groups excluding carboxylic acids is 4. The van der Waals surface area contributed by atoms with E-state index >= 15 is 0 Å². The first-order valence-electron chi connectivity index (χ1n) is 46.3. The second-order valence-electron chi connectivity index (χ2n) is 33.8. The molecule has 0 spiro atoms. The van der Waals surface area contributed by atoms with Crippen molar-refractivity contribution in [1.29, 1.82) is 0 Å². The van der Waals surface area contributed by atoms with Crippen molar-refractivity contribution in [2.75, 3.05) is 39.6 Å². The Morgan fingerprint density at radius 2 is 0.422 bits per heavy atom. The van der Waals surface area contributed by atoms with Crippen molar-refractivity contribution in [3.05, 3.63) is 0 Å². The van der Waals surface area contributed by atoms with Crippen molar-refractivity contribution in [3.8, 4) is 0 Å². The molecule has 0 aromatic carbocycles. The molecule has 648 valence electrons. The smallest absolute Gasteiger partial charge is 0.462 e. The molecule has 0 aliphatic carbocycles. The van der Waals surface area contributed by atoms with Gasteiger partial charge in [0, 0.05) is 25.7 Å². The second kappa shape index (κ2) is 79.9. The zero-order valence-electron chi connectivity index (χ0n) is 72.0. The third-order valence-corrected chi connectivity index (χ3v) is 23.0. The number of aliphatic hydroxyl groups excluding tert-OH is 1. The van der Waals surface area contributed by atoms with Gasteiger partial charge in [-0.2, -0.15) is 0 Å². The molecule has 0 rings (SSSR count). The highest BCUT2D eigenvalue weighted by Crippen LogP contribution is 2.45. The Bertz CT molecular complexity index is 2100. The molecule has 17 nitrogen and oxygen atoms in total. The topological polar surface area (TPSA) is 237 Å². The quantitative estimate of drug-likeness (QED) is 0.0222. The predicted octanol–water partition coefficient (Wildman–Crippen LogP) is 27.6. The van der Waals surface area contributed by atoms with Crippen LogP contribution < -0.4 is 0 Å². The van der Waals surface area contributed by atoms with E-state index < -0.39 is 97.5 Å². The highest BCUT2D eigenvalue weighted by molar-refractivity contribution is 7.47. The average molecular weight is 1590 g/mol. The summed E-state index contributed by atoms with van der Waals surface area (Å²) in [5, 5.41) is 10.7. The summed E-state index contributed by atoms with van der Waals surface area (Å²) >= 11 is 0. The van der Waals surface area contributed by atoms with E-state index in [2.05, 4.69) is 48.5 Å². The molecule has 0 aliphatic rings. The fraction of sp³-hybridized carbons (Fsp3) is 0.956. The van der Waals surface area contributed by atoms with Gasteiger partial charge in [0.15, 0.2) is 12.2 Å². The van der Waals surface area contributed by atoms with Crippen molar-refractivity contribution in [1.82, 2.24) is 0 Å². The van der Waals surface area contributed by atoms with E-state index in [0.29, 0.717) is 31.6 Å². The number of esters is 4. The van der Waals surface area contributed by atoms with Gasteiger partial charge in [-0.1, -0.05) is 427 Å². The van der Waals surface area contributed by atoms with Gasteiger partial charge in [0.05, 0.1) is 26.4 Å². The van der Waals surface area contributed by atoms with E-state index in [1.54, 1.807) is 0 Å². The molecule has 19 heteroatoms. The summed E-state index contributed by atoms with van der Waals surface area (Å²) in [4.78, 5) is 73.3. The Kier molecular flexibility index (Phi) is 78.5. The van der Waals surface area contributed by atoms with Crippen LogP contribution in [0, 0.1) is 17.8 Å². The minimum atomic E-state index is -4.97. The van der Waals surface area contributed by atoms with Crippen molar-refractivity contribution < 1.29 is 80.2 Å². The van der Waals surface area contributed by atoms with E-state index in [1.165, 1.54) is 283 Å². The molecule has 0 amide bonds. The Labute approximate surface area is 670 Å². The lowest BCUT2D eigenvalue weighted by Crippen LogP contribution is -2.30. The molecule has 0 saturated carbocycles. The van der Waals surface area contributed by atoms with Crippen molar-refractivity contribution in [2.45, 2.75) is 497 Å². The van der Waals surface area contributed by atoms with Gasteiger partial charge in [-0.15, -0.1) is 0 Å². The van der Waals surface area contributed by atoms with E-state index in [4.69, 9.17) is 37.0 Å². The SMILES string of the molecule is CCCCCCCCCCCCCCCCCCCCCCC(=O)OC[C@H](COP(=O)(O)OC[C@@H](O)COP(=O)(O)OC[C@@H](COC(=O)CCCCCCCCCC(C)C)OC(=O)CCCCCCCCCCCCCCCCCC(C)C)OC(=O)CCCCCCCCCCCCCCCCCCCCC(C)C. The van der Waals surface area contributed by atoms with E-state index in [1.807, 2.05) is 0 Å². The van der Waals surface area contributed by atoms with Crippen LogP contribution in [0.1, 0.15) is 479 Å². The number of unbranched alkanes of at least 4 members (excludes halogenated alkanes) is 56. The lowest BCUT2D eigenvalue weighted by Gasteiger charge is -2.21. The first-order valence-corrected chi connectivity index (χ1v) is 49.3. The standard InChI is InChI=1S/C90H176O17P2/c1-8-9-10-11-12-13-14-15-16-17-18-19-23-28-33-38-43-50-57-64-71-87(92)100-77-85(106-89(94)73-66-59-51-44-39-34-29-24-21-20-22-26-31-36-41-47-54-61-68-81(2)3)79-104-108(96,97)102-75-84(91)76-103-109(98,99)105-80-86(78-101-88(93)72-65-58-53-46-49-56-63-70-83(6)7)107-90(95)74-67-60-52-45-40-35-30-25-27-32-37-42-48-55-62-69-82(4)5/h81-86,91H,8-80H2,1-7H3,(H,96,97)(H,98,99)/t84-,85-,86-/m1/s1. The number of aliphatic hydroxyl groups is 1. The summed E-state index contributed by atoms with van der Waals surface area (Å²) < 4.78 is 69.0. The number of ether oxygens (including phenoxy) is 4. The Balaban J connectivity index is 5.22. The summed E-state index contributed by atoms with van der Waals surface area (Å²) in [6.07, 6.45) is 72.4. The van der Waals surface area contributed by atoms with Crippen LogP contribution in [-0.2, 0) is 65.4 Å². The molecule has 3 N–H and O–H groups in total. The molecule has 0 aromatic rings. The fourth-order valence-electron chi connectivity index (χ4n) is 14.1. The van der Waals surface area contributed by atoms with Gasteiger partial charge in [-0.25, -0.2) is 9.13 Å². The third-order valence-electron chi connectivity index (χ3n) is 21.1. The minimum Gasteiger partial charge on any atom is -0.462 e. The van der Waals surface area contributed by atoms with Crippen LogP contribution in [0.4, 0.5) is 0 Å². The Hall–Kier alpha value is -1.94. The molecule has 0 radical (unpaired) electrons. The number of phosphoric acid groups is 2. The summed E-state index contributed by atoms with van der Waals surface area (Å²) in [7, 11) is -9.93. The van der Waals surface area contributed by atoms with E-state index in [-0.39, 0.29) is 25.7 Å². The normalized spacial score (nSPS) is 13.8. The van der Waals surface area contributed by atoms with Gasteiger partial charge < -0.3 is 33.8 Å². The first-order chi connectivity index (χ1) is 52.7. The van der Waals surface area contributed by atoms with E-state index in [0.717, 1.165) is 108 Å². The van der Waals surface area contributed by atoms with Crippen LogP contribution in [0.3, 0.4) is 0 Å². The van der Waals surface area contributed by atoms with Crippen LogP contribution >= 0.6 is 15.6 Å². The van der Waals surface area contributed by atoms with Gasteiger partial charge in [0.25, 0.3) is 0 Å². The summed E-state index contributed by atoms with van der Waals surface area (Å²) in [6, 6.07) is 0. The maximum Gasteiger partial charge on any atom is 0.472 e. The van der Waals surface area contributed by atoms with Gasteiger partial charge in [-0.05, 0) is 43.4 Å². The van der Waals surface area contributed by atoms with Crippen molar-refractivity contribution in [2.24, 2.45) is 17.8 Å². The van der Waals surface area contributed by atoms with Crippen LogP contribution in [0.2, 0.25) is 0 Å². The van der Waals surface area contributed by atoms with Crippen LogP contribution in [0.5, 0.6) is 0 Å². The molecule has 0 aromatic heterocycles. The first kappa shape index (κ1) is 107. The molecule has 5 atom stereocenters. The number of phosphoric ester groups is 2. The maximum absolute atomic E-state index is 13.2. The number of hydrogen-bond donors (Lipinski definition) is 3. The average Bonchev–Trinajstić information content (AvgIpc) is 0.903. The van der Waals surface area contributed by atoms with Crippen LogP contribution in [0.15, 0.2) is 0 Å². The predicted molar refractivity (Wildman–Crippen MR) is 451 cm³/mol. The van der Waals surface area contributed by atoms with Gasteiger partial charge >= 0.3 is 39.5 Å².